The van der Waals surface area contributed by atoms with Gasteiger partial charge in [-0.25, -0.2) is 22.9 Å². The molecule has 0 aliphatic heterocycles. The van der Waals surface area contributed by atoms with Crippen LogP contribution in [0.1, 0.15) is 10.5 Å². The Hall–Kier alpha value is -2.57. The molecular weight excluding hydrogens is 261 g/mol. The van der Waals surface area contributed by atoms with E-state index < -0.39 is 46.1 Å². The molecule has 7 heteroatoms. The Morgan fingerprint density at radius 2 is 1.74 bits per heavy atom. The number of hydrogen-bond acceptors (Lipinski definition) is 3. The predicted molar refractivity (Wildman–Crippen MR) is 60.9 cm³/mol. The molecule has 2 aromatic rings. The van der Waals surface area contributed by atoms with Gasteiger partial charge >= 0.3 is 5.97 Å². The first-order valence-electron chi connectivity index (χ1n) is 5.05. The molecule has 2 rings (SSSR count). The van der Waals surface area contributed by atoms with Crippen molar-refractivity contribution in [2.45, 2.75) is 0 Å². The molecule has 19 heavy (non-hydrogen) atoms. The van der Waals surface area contributed by atoms with E-state index in [1.165, 1.54) is 0 Å². The van der Waals surface area contributed by atoms with Crippen molar-refractivity contribution in [2.24, 2.45) is 0 Å². The van der Waals surface area contributed by atoms with Gasteiger partial charge in [0.05, 0.1) is 11.3 Å². The van der Waals surface area contributed by atoms with Gasteiger partial charge in [-0.15, -0.1) is 0 Å². The lowest BCUT2D eigenvalue weighted by Gasteiger charge is -2.08. The lowest BCUT2D eigenvalue weighted by atomic mass is 10.1. The van der Waals surface area contributed by atoms with Crippen molar-refractivity contribution >= 4 is 11.7 Å². The maximum Gasteiger partial charge on any atom is 0.354 e. The fourth-order valence-corrected chi connectivity index (χ4v) is 1.52. The minimum absolute atomic E-state index is 0.390. The van der Waals surface area contributed by atoms with E-state index in [0.717, 1.165) is 24.3 Å². The van der Waals surface area contributed by atoms with Crippen LogP contribution in [0.5, 0.6) is 0 Å². The molecular formula is C12H7F3N2O2. The van der Waals surface area contributed by atoms with E-state index in [1.807, 2.05) is 0 Å². The van der Waals surface area contributed by atoms with Crippen molar-refractivity contribution in [3.05, 3.63) is 47.4 Å². The highest BCUT2D eigenvalue weighted by molar-refractivity contribution is 5.86. The number of halogens is 3. The Morgan fingerprint density at radius 3 is 2.37 bits per heavy atom. The average Bonchev–Trinajstić information content (AvgIpc) is 2.36. The van der Waals surface area contributed by atoms with E-state index in [9.17, 15) is 18.0 Å². The Balaban J connectivity index is 2.75. The molecule has 0 unspecified atom stereocenters. The molecule has 0 atom stereocenters. The number of hydrogen-bond donors (Lipinski definition) is 2. The molecule has 0 fully saturated rings. The van der Waals surface area contributed by atoms with Crippen LogP contribution in [-0.2, 0) is 0 Å². The number of nitrogen functional groups attached to an aromatic ring is 1. The molecule has 98 valence electrons. The SMILES string of the molecule is Nc1ccc(F)c(-c2nc(C(=O)O)ccc2F)c1F. The van der Waals surface area contributed by atoms with Gasteiger partial charge in [0.15, 0.2) is 5.82 Å². The number of anilines is 1. The first-order chi connectivity index (χ1) is 8.91. The van der Waals surface area contributed by atoms with Gasteiger partial charge in [0.1, 0.15) is 23.0 Å². The van der Waals surface area contributed by atoms with E-state index in [1.54, 1.807) is 0 Å². The van der Waals surface area contributed by atoms with Crippen LogP contribution >= 0.6 is 0 Å². The summed E-state index contributed by atoms with van der Waals surface area (Å²) in [6, 6.07) is 3.49. The summed E-state index contributed by atoms with van der Waals surface area (Å²) in [4.78, 5) is 14.1. The molecule has 3 N–H and O–H groups in total. The van der Waals surface area contributed by atoms with Crippen molar-refractivity contribution in [3.63, 3.8) is 0 Å². The zero-order chi connectivity index (χ0) is 14.2. The van der Waals surface area contributed by atoms with E-state index in [4.69, 9.17) is 10.8 Å². The number of pyridine rings is 1. The maximum atomic E-state index is 13.7. The Labute approximate surface area is 105 Å². The highest BCUT2D eigenvalue weighted by Gasteiger charge is 2.20. The molecule has 0 amide bonds. The van der Waals surface area contributed by atoms with E-state index >= 15 is 0 Å². The predicted octanol–water partition coefficient (Wildman–Crippen LogP) is 2.45. The number of nitrogens with two attached hydrogens (primary N) is 1. The zero-order valence-corrected chi connectivity index (χ0v) is 9.32. The largest absolute Gasteiger partial charge is 0.477 e. The third-order valence-electron chi connectivity index (χ3n) is 2.42. The number of carboxylic acid groups (broad SMARTS) is 1. The summed E-state index contributed by atoms with van der Waals surface area (Å²) >= 11 is 0. The standard InChI is InChI=1S/C12H7F3N2O2/c13-5-1-3-7(16)10(15)9(5)11-6(14)2-4-8(17-11)12(18)19/h1-4H,16H2,(H,18,19). The van der Waals surface area contributed by atoms with Gasteiger partial charge < -0.3 is 10.8 Å². The van der Waals surface area contributed by atoms with Crippen LogP contribution in [0.2, 0.25) is 0 Å². The third kappa shape index (κ3) is 2.22. The molecule has 0 saturated heterocycles. The molecule has 1 aromatic heterocycles. The number of nitrogens with zero attached hydrogens (tertiary/aromatic N) is 1. The highest BCUT2D eigenvalue weighted by atomic mass is 19.1. The Morgan fingerprint density at radius 1 is 1.11 bits per heavy atom. The van der Waals surface area contributed by atoms with Crippen molar-refractivity contribution in [3.8, 4) is 11.3 Å². The fraction of sp³-hybridized carbons (Fsp3) is 0. The van der Waals surface area contributed by atoms with Crippen LogP contribution < -0.4 is 5.73 Å². The summed E-state index contributed by atoms with van der Waals surface area (Å²) in [6.07, 6.45) is 0. The number of carbonyl (C=O) groups is 1. The van der Waals surface area contributed by atoms with Crippen LogP contribution in [0.25, 0.3) is 11.3 Å². The minimum atomic E-state index is -1.44. The summed E-state index contributed by atoms with van der Waals surface area (Å²) in [5.74, 6) is -4.76. The molecule has 0 aliphatic carbocycles. The topological polar surface area (TPSA) is 76.2 Å². The fourth-order valence-electron chi connectivity index (χ4n) is 1.52. The second kappa shape index (κ2) is 4.60. The summed E-state index contributed by atoms with van der Waals surface area (Å²) in [5.41, 5.74) is 2.82. The average molecular weight is 268 g/mol. The van der Waals surface area contributed by atoms with Gasteiger partial charge in [0.2, 0.25) is 0 Å². The summed E-state index contributed by atoms with van der Waals surface area (Å²) in [7, 11) is 0. The van der Waals surface area contributed by atoms with E-state index in [2.05, 4.69) is 4.98 Å². The molecule has 4 nitrogen and oxygen atoms in total. The summed E-state index contributed by atoms with van der Waals surface area (Å²) in [5, 5.41) is 8.74. The van der Waals surface area contributed by atoms with Gasteiger partial charge in [-0.1, -0.05) is 0 Å². The van der Waals surface area contributed by atoms with Crippen LogP contribution in [-0.4, -0.2) is 16.1 Å². The molecule has 1 aromatic carbocycles. The number of aromatic carboxylic acids is 1. The number of carboxylic acids is 1. The molecule has 0 saturated carbocycles. The highest BCUT2D eigenvalue weighted by Crippen LogP contribution is 2.29. The number of benzene rings is 1. The van der Waals surface area contributed by atoms with Crippen LogP contribution in [0.15, 0.2) is 24.3 Å². The second-order valence-electron chi connectivity index (χ2n) is 3.66. The van der Waals surface area contributed by atoms with Gasteiger partial charge in [-0.2, -0.15) is 0 Å². The lowest BCUT2D eigenvalue weighted by Crippen LogP contribution is -2.05. The summed E-state index contributed by atoms with van der Waals surface area (Å²) in [6.45, 7) is 0. The van der Waals surface area contributed by atoms with Gasteiger partial charge in [0.25, 0.3) is 0 Å². The quantitative estimate of drug-likeness (QED) is 0.820. The van der Waals surface area contributed by atoms with E-state index in [0.29, 0.717) is 0 Å². The van der Waals surface area contributed by atoms with Crippen LogP contribution in [0, 0.1) is 17.5 Å². The second-order valence-corrected chi connectivity index (χ2v) is 3.66. The maximum absolute atomic E-state index is 13.7. The number of aromatic nitrogens is 1. The van der Waals surface area contributed by atoms with Crippen LogP contribution in [0.3, 0.4) is 0 Å². The molecule has 1 heterocycles. The Bertz CT molecular complexity index is 674. The molecule has 0 bridgehead atoms. The zero-order valence-electron chi connectivity index (χ0n) is 9.32. The van der Waals surface area contributed by atoms with Gasteiger partial charge in [-0.05, 0) is 24.3 Å². The van der Waals surface area contributed by atoms with Crippen LogP contribution in [0.4, 0.5) is 18.9 Å². The van der Waals surface area contributed by atoms with Gasteiger partial charge in [-0.3, -0.25) is 0 Å². The first-order valence-corrected chi connectivity index (χ1v) is 5.05. The smallest absolute Gasteiger partial charge is 0.354 e. The summed E-state index contributed by atoms with van der Waals surface area (Å²) < 4.78 is 40.9. The van der Waals surface area contributed by atoms with Crippen molar-refractivity contribution in [2.75, 3.05) is 5.73 Å². The monoisotopic (exact) mass is 268 g/mol. The van der Waals surface area contributed by atoms with E-state index in [-0.39, 0.29) is 0 Å². The van der Waals surface area contributed by atoms with Gasteiger partial charge in [0, 0.05) is 0 Å². The van der Waals surface area contributed by atoms with Crippen molar-refractivity contribution in [1.29, 1.82) is 0 Å². The van der Waals surface area contributed by atoms with Crippen molar-refractivity contribution in [1.82, 2.24) is 4.98 Å². The third-order valence-corrected chi connectivity index (χ3v) is 2.42. The number of rotatable bonds is 2. The first kappa shape index (κ1) is 12.9. The minimum Gasteiger partial charge on any atom is -0.477 e. The van der Waals surface area contributed by atoms with Crippen molar-refractivity contribution < 1.29 is 23.1 Å². The molecule has 0 radical (unpaired) electrons. The Kier molecular flexibility index (Phi) is 3.12. The normalized spacial score (nSPS) is 10.5. The lowest BCUT2D eigenvalue weighted by molar-refractivity contribution is 0.0690. The molecule has 0 aliphatic rings. The molecule has 0 spiro atoms.